The Hall–Kier alpha value is -2.08. The highest BCUT2D eigenvalue weighted by Crippen LogP contribution is 2.32. The average molecular weight is 305 g/mol. The molecule has 120 valence electrons. The molecule has 0 aliphatic carbocycles. The van der Waals surface area contributed by atoms with Crippen LogP contribution in [-0.4, -0.2) is 40.0 Å². The minimum atomic E-state index is -0.956. The van der Waals surface area contributed by atoms with Crippen molar-refractivity contribution in [2.45, 2.75) is 44.9 Å². The van der Waals surface area contributed by atoms with E-state index in [2.05, 4.69) is 18.3 Å². The number of carbonyl (C=O) groups excluding carboxylic acids is 1. The van der Waals surface area contributed by atoms with Crippen molar-refractivity contribution in [3.8, 4) is 0 Å². The molecular weight excluding hydrogens is 282 g/mol. The first-order valence-electron chi connectivity index (χ1n) is 7.37. The number of hydrogen-bond donors (Lipinski definition) is 1. The third kappa shape index (κ3) is 2.54. The van der Waals surface area contributed by atoms with Gasteiger partial charge < -0.3 is 14.5 Å². The molecule has 0 bridgehead atoms. The lowest BCUT2D eigenvalue weighted by atomic mass is 9.91. The van der Waals surface area contributed by atoms with E-state index in [1.54, 1.807) is 23.1 Å². The fourth-order valence-corrected chi connectivity index (χ4v) is 2.53. The second-order valence-corrected chi connectivity index (χ2v) is 5.96. The monoisotopic (exact) mass is 305 g/mol. The predicted octanol–water partition coefficient (Wildman–Crippen LogP) is 2.66. The molecule has 22 heavy (non-hydrogen) atoms. The van der Waals surface area contributed by atoms with Gasteiger partial charge in [0.1, 0.15) is 5.76 Å². The van der Waals surface area contributed by atoms with E-state index in [1.807, 2.05) is 20.8 Å². The Kier molecular flexibility index (Phi) is 4.42. The van der Waals surface area contributed by atoms with E-state index in [4.69, 9.17) is 4.52 Å². The van der Waals surface area contributed by atoms with Gasteiger partial charge in [0.15, 0.2) is 12.0 Å². The van der Waals surface area contributed by atoms with Crippen molar-refractivity contribution in [3.63, 3.8) is 0 Å². The van der Waals surface area contributed by atoms with E-state index >= 15 is 0 Å². The van der Waals surface area contributed by atoms with Crippen LogP contribution in [0.2, 0.25) is 0 Å². The van der Waals surface area contributed by atoms with Crippen LogP contribution in [-0.2, 0) is 5.41 Å². The fraction of sp³-hybridized carbons (Fsp3) is 0.500. The molecule has 1 aliphatic heterocycles. The number of urea groups is 1. The van der Waals surface area contributed by atoms with Gasteiger partial charge in [-0.05, 0) is 20.3 Å². The van der Waals surface area contributed by atoms with Crippen LogP contribution in [0.3, 0.4) is 0 Å². The first-order valence-corrected chi connectivity index (χ1v) is 7.37. The van der Waals surface area contributed by atoms with Gasteiger partial charge >= 0.3 is 6.03 Å². The molecule has 1 aliphatic rings. The minimum absolute atomic E-state index is 0.293. The molecule has 1 fully saturated rings. The molecule has 1 saturated heterocycles. The third-order valence-corrected chi connectivity index (χ3v) is 4.09. The zero-order chi connectivity index (χ0) is 16.5. The number of allylic oxidation sites excluding steroid dienone is 1. The van der Waals surface area contributed by atoms with Crippen LogP contribution in [0.5, 0.6) is 0 Å². The summed E-state index contributed by atoms with van der Waals surface area (Å²) in [4.78, 5) is 15.4. The molecule has 6 heteroatoms. The SMILES string of the molecule is C=CCN1C(=O)N(c2cc(C(C)(C)C=C)on2)C(O)C1CC. The summed E-state index contributed by atoms with van der Waals surface area (Å²) in [6.45, 7) is 13.6. The summed E-state index contributed by atoms with van der Waals surface area (Å²) < 4.78 is 5.33. The molecule has 2 heterocycles. The van der Waals surface area contributed by atoms with Crippen molar-refractivity contribution in [3.05, 3.63) is 37.1 Å². The van der Waals surface area contributed by atoms with Crippen molar-refractivity contribution in [1.82, 2.24) is 10.1 Å². The topological polar surface area (TPSA) is 69.8 Å². The summed E-state index contributed by atoms with van der Waals surface area (Å²) >= 11 is 0. The van der Waals surface area contributed by atoms with Crippen molar-refractivity contribution >= 4 is 11.8 Å². The van der Waals surface area contributed by atoms with Crippen molar-refractivity contribution in [2.75, 3.05) is 11.4 Å². The Morgan fingerprint density at radius 2 is 2.18 bits per heavy atom. The van der Waals surface area contributed by atoms with Gasteiger partial charge in [-0.25, -0.2) is 9.69 Å². The normalized spacial score (nSPS) is 22.3. The van der Waals surface area contributed by atoms with Crippen molar-refractivity contribution < 1.29 is 14.4 Å². The maximum absolute atomic E-state index is 12.5. The van der Waals surface area contributed by atoms with Gasteiger partial charge in [0.05, 0.1) is 6.04 Å². The summed E-state index contributed by atoms with van der Waals surface area (Å²) in [5.74, 6) is 0.903. The fourth-order valence-electron chi connectivity index (χ4n) is 2.53. The lowest BCUT2D eigenvalue weighted by molar-refractivity contribution is 0.120. The van der Waals surface area contributed by atoms with Gasteiger partial charge in [0, 0.05) is 18.0 Å². The molecule has 2 unspecified atom stereocenters. The highest BCUT2D eigenvalue weighted by molar-refractivity contribution is 5.94. The summed E-state index contributed by atoms with van der Waals surface area (Å²) in [6.07, 6.45) is 3.08. The zero-order valence-electron chi connectivity index (χ0n) is 13.3. The number of nitrogens with zero attached hydrogens (tertiary/aromatic N) is 3. The van der Waals surface area contributed by atoms with E-state index in [-0.39, 0.29) is 12.1 Å². The molecule has 0 spiro atoms. The number of anilines is 1. The van der Waals surface area contributed by atoms with Gasteiger partial charge in [-0.2, -0.15) is 0 Å². The van der Waals surface area contributed by atoms with Crippen LogP contribution in [0.15, 0.2) is 35.9 Å². The number of aliphatic hydroxyl groups is 1. The molecule has 2 atom stereocenters. The van der Waals surface area contributed by atoms with Crippen LogP contribution < -0.4 is 4.90 Å². The molecule has 1 N–H and O–H groups in total. The summed E-state index contributed by atoms with van der Waals surface area (Å²) in [5, 5.41) is 14.4. The average Bonchev–Trinajstić information content (AvgIpc) is 3.04. The molecule has 0 saturated carbocycles. The molecule has 0 aromatic carbocycles. The number of aromatic nitrogens is 1. The summed E-state index contributed by atoms with van der Waals surface area (Å²) in [6, 6.07) is 1.08. The minimum Gasteiger partial charge on any atom is -0.371 e. The number of amides is 2. The van der Waals surface area contributed by atoms with E-state index in [0.29, 0.717) is 24.5 Å². The Morgan fingerprint density at radius 1 is 1.50 bits per heavy atom. The molecule has 6 nitrogen and oxygen atoms in total. The molecule has 1 aromatic heterocycles. The Labute approximate surface area is 130 Å². The first-order chi connectivity index (χ1) is 10.4. The molecule has 0 radical (unpaired) electrons. The van der Waals surface area contributed by atoms with Crippen molar-refractivity contribution in [2.24, 2.45) is 0 Å². The number of rotatable bonds is 6. The second-order valence-electron chi connectivity index (χ2n) is 5.96. The Morgan fingerprint density at radius 3 is 2.73 bits per heavy atom. The van der Waals surface area contributed by atoms with E-state index in [9.17, 15) is 9.90 Å². The van der Waals surface area contributed by atoms with E-state index in [0.717, 1.165) is 0 Å². The quantitative estimate of drug-likeness (QED) is 0.820. The lowest BCUT2D eigenvalue weighted by Gasteiger charge is -2.21. The highest BCUT2D eigenvalue weighted by Gasteiger charge is 2.45. The van der Waals surface area contributed by atoms with Gasteiger partial charge in [-0.3, -0.25) is 0 Å². The number of carbonyl (C=O) groups is 1. The zero-order valence-corrected chi connectivity index (χ0v) is 13.3. The smallest absolute Gasteiger partial charge is 0.328 e. The Balaban J connectivity index is 2.34. The maximum Gasteiger partial charge on any atom is 0.328 e. The van der Waals surface area contributed by atoms with Crippen LogP contribution in [0.25, 0.3) is 0 Å². The second kappa shape index (κ2) is 5.96. The predicted molar refractivity (Wildman–Crippen MR) is 84.6 cm³/mol. The maximum atomic E-state index is 12.5. The van der Waals surface area contributed by atoms with Crippen LogP contribution in [0.1, 0.15) is 33.0 Å². The number of hydrogen-bond acceptors (Lipinski definition) is 4. The van der Waals surface area contributed by atoms with E-state index in [1.165, 1.54) is 4.90 Å². The summed E-state index contributed by atoms with van der Waals surface area (Å²) in [5.41, 5.74) is -0.399. The third-order valence-electron chi connectivity index (χ3n) is 4.09. The Bertz CT molecular complexity index is 579. The van der Waals surface area contributed by atoms with Crippen LogP contribution in [0, 0.1) is 0 Å². The standard InChI is InChI=1S/C16H23N3O3/c1-6-9-18-11(7-2)14(20)19(15(18)21)13-10-12(22-17-13)16(4,5)8-3/h6,8,10-11,14,20H,1,3,7,9H2,2,4-5H3. The van der Waals surface area contributed by atoms with Crippen molar-refractivity contribution in [1.29, 1.82) is 0 Å². The van der Waals surface area contributed by atoms with Gasteiger partial charge in [0.25, 0.3) is 0 Å². The molecule has 1 aromatic rings. The van der Waals surface area contributed by atoms with Crippen LogP contribution >= 0.6 is 0 Å². The summed E-state index contributed by atoms with van der Waals surface area (Å²) in [7, 11) is 0. The first kappa shape index (κ1) is 16.3. The van der Waals surface area contributed by atoms with Gasteiger partial charge in [-0.15, -0.1) is 13.2 Å². The number of aliphatic hydroxyl groups excluding tert-OH is 1. The molecule has 2 amide bonds. The largest absolute Gasteiger partial charge is 0.371 e. The van der Waals surface area contributed by atoms with E-state index < -0.39 is 11.6 Å². The van der Waals surface area contributed by atoms with Gasteiger partial charge in [0.2, 0.25) is 0 Å². The lowest BCUT2D eigenvalue weighted by Crippen LogP contribution is -2.36. The van der Waals surface area contributed by atoms with Gasteiger partial charge in [-0.1, -0.05) is 24.2 Å². The van der Waals surface area contributed by atoms with Crippen LogP contribution in [0.4, 0.5) is 10.6 Å². The highest BCUT2D eigenvalue weighted by atomic mass is 16.5. The molecular formula is C16H23N3O3. The molecule has 2 rings (SSSR count).